The van der Waals surface area contributed by atoms with Crippen molar-refractivity contribution < 1.29 is 0 Å². The maximum Gasteiger partial charge on any atom is 0.161 e. The molecule has 3 heteroatoms. The summed E-state index contributed by atoms with van der Waals surface area (Å²) in [5.41, 5.74) is 1.88. The number of hydrogen-bond donors (Lipinski definition) is 0. The number of aryl methyl sites for hydroxylation is 2. The van der Waals surface area contributed by atoms with Crippen LogP contribution in [0.15, 0.2) is 6.20 Å². The minimum Gasteiger partial charge on any atom is -0.257 e. The van der Waals surface area contributed by atoms with Crippen LogP contribution in [-0.4, -0.2) is 9.97 Å². The summed E-state index contributed by atoms with van der Waals surface area (Å²) in [7, 11) is 0. The van der Waals surface area contributed by atoms with Gasteiger partial charge in [-0.3, -0.25) is 4.98 Å². The summed E-state index contributed by atoms with van der Waals surface area (Å²) < 4.78 is 0. The molecule has 0 spiro atoms. The summed E-state index contributed by atoms with van der Waals surface area (Å²) in [5, 5.41) is 8.49. The van der Waals surface area contributed by atoms with Crippen molar-refractivity contribution in [3.8, 4) is 6.07 Å². The fourth-order valence-electron chi connectivity index (χ4n) is 0.643. The number of aromatic nitrogens is 2. The predicted octanol–water partition coefficient (Wildman–Crippen LogP) is 0.965. The summed E-state index contributed by atoms with van der Waals surface area (Å²) in [6.07, 6.45) is 1.65. The van der Waals surface area contributed by atoms with Crippen molar-refractivity contribution in [3.63, 3.8) is 0 Å². The zero-order valence-electron chi connectivity index (χ0n) is 5.92. The van der Waals surface area contributed by atoms with E-state index in [9.17, 15) is 0 Å². The van der Waals surface area contributed by atoms with Crippen LogP contribution in [0.5, 0.6) is 0 Å². The van der Waals surface area contributed by atoms with E-state index in [2.05, 4.69) is 9.97 Å². The lowest BCUT2D eigenvalue weighted by atomic mass is 10.3. The van der Waals surface area contributed by atoms with E-state index in [1.807, 2.05) is 13.0 Å². The Bertz CT molecular complexity index is 285. The van der Waals surface area contributed by atoms with Gasteiger partial charge in [-0.1, -0.05) is 0 Å². The highest BCUT2D eigenvalue weighted by Crippen LogP contribution is 1.98. The minimum atomic E-state index is 0.417. The number of nitrogens with zero attached hydrogens (tertiary/aromatic N) is 3. The van der Waals surface area contributed by atoms with E-state index >= 15 is 0 Å². The molecule has 0 atom stereocenters. The van der Waals surface area contributed by atoms with Crippen LogP contribution in [0.4, 0.5) is 0 Å². The second kappa shape index (κ2) is 2.44. The van der Waals surface area contributed by atoms with E-state index in [1.54, 1.807) is 13.1 Å². The molecule has 0 N–H and O–H groups in total. The second-order valence-corrected chi connectivity index (χ2v) is 2.06. The van der Waals surface area contributed by atoms with Crippen molar-refractivity contribution in [2.45, 2.75) is 13.8 Å². The van der Waals surface area contributed by atoms with E-state index in [1.165, 1.54) is 0 Å². The normalized spacial score (nSPS) is 8.90. The van der Waals surface area contributed by atoms with Crippen LogP contribution in [0.25, 0.3) is 0 Å². The molecule has 1 heterocycles. The lowest BCUT2D eigenvalue weighted by Crippen LogP contribution is -1.93. The Morgan fingerprint density at radius 3 is 2.70 bits per heavy atom. The van der Waals surface area contributed by atoms with Crippen molar-refractivity contribution in [2.24, 2.45) is 0 Å². The third-order valence-corrected chi connectivity index (χ3v) is 1.18. The number of nitriles is 1. The first kappa shape index (κ1) is 6.69. The highest BCUT2D eigenvalue weighted by atomic mass is 14.8. The molecule has 0 unspecified atom stereocenters. The molecule has 1 aromatic heterocycles. The van der Waals surface area contributed by atoms with Crippen LogP contribution in [0.3, 0.4) is 0 Å². The molecule has 0 amide bonds. The Labute approximate surface area is 59.4 Å². The van der Waals surface area contributed by atoms with Crippen LogP contribution in [0.2, 0.25) is 0 Å². The smallest absolute Gasteiger partial charge is 0.161 e. The first-order valence-corrected chi connectivity index (χ1v) is 2.94. The fourth-order valence-corrected chi connectivity index (χ4v) is 0.643. The lowest BCUT2D eigenvalue weighted by Gasteiger charge is -1.94. The highest BCUT2D eigenvalue weighted by molar-refractivity contribution is 5.24. The molecular weight excluding hydrogens is 126 g/mol. The van der Waals surface area contributed by atoms with Crippen LogP contribution >= 0.6 is 0 Å². The van der Waals surface area contributed by atoms with E-state index in [0.29, 0.717) is 11.4 Å². The van der Waals surface area contributed by atoms with Crippen molar-refractivity contribution in [3.05, 3.63) is 23.3 Å². The molecule has 10 heavy (non-hydrogen) atoms. The molecule has 1 rings (SSSR count). The highest BCUT2D eigenvalue weighted by Gasteiger charge is 1.97. The van der Waals surface area contributed by atoms with Crippen LogP contribution in [0, 0.1) is 25.2 Å². The SMILES string of the molecule is Cc1cnc(C)c(C#N)n1. The minimum absolute atomic E-state index is 0.417. The molecule has 0 saturated carbocycles. The van der Waals surface area contributed by atoms with Gasteiger partial charge in [0, 0.05) is 6.20 Å². The van der Waals surface area contributed by atoms with Gasteiger partial charge in [0.15, 0.2) is 5.69 Å². The van der Waals surface area contributed by atoms with Gasteiger partial charge in [-0.25, -0.2) is 4.98 Å². The van der Waals surface area contributed by atoms with Crippen LogP contribution in [-0.2, 0) is 0 Å². The molecular formula is C7H7N3. The first-order valence-electron chi connectivity index (χ1n) is 2.94. The number of hydrogen-bond acceptors (Lipinski definition) is 3. The van der Waals surface area contributed by atoms with E-state index < -0.39 is 0 Å². The Hall–Kier alpha value is -1.43. The van der Waals surface area contributed by atoms with Gasteiger partial charge < -0.3 is 0 Å². The van der Waals surface area contributed by atoms with Gasteiger partial charge in [0.25, 0.3) is 0 Å². The zero-order chi connectivity index (χ0) is 7.56. The van der Waals surface area contributed by atoms with Crippen molar-refractivity contribution in [2.75, 3.05) is 0 Å². The maximum atomic E-state index is 8.49. The monoisotopic (exact) mass is 133 g/mol. The van der Waals surface area contributed by atoms with E-state index in [-0.39, 0.29) is 0 Å². The molecule has 1 aromatic rings. The quantitative estimate of drug-likeness (QED) is 0.529. The Morgan fingerprint density at radius 2 is 2.20 bits per heavy atom. The summed E-state index contributed by atoms with van der Waals surface area (Å²) in [6, 6.07) is 1.96. The standard InChI is InChI=1S/C7H7N3/c1-5-4-9-6(2)7(3-8)10-5/h4H,1-2H3. The first-order chi connectivity index (χ1) is 4.74. The second-order valence-electron chi connectivity index (χ2n) is 2.06. The largest absolute Gasteiger partial charge is 0.257 e. The molecule has 0 saturated heterocycles. The van der Waals surface area contributed by atoms with Crippen LogP contribution < -0.4 is 0 Å². The Balaban J connectivity index is 3.25. The molecule has 0 aliphatic rings. The van der Waals surface area contributed by atoms with Gasteiger partial charge in [0.1, 0.15) is 6.07 Å². The van der Waals surface area contributed by atoms with Crippen molar-refractivity contribution in [1.82, 2.24) is 9.97 Å². The summed E-state index contributed by atoms with van der Waals surface area (Å²) in [5.74, 6) is 0. The molecule has 0 aromatic carbocycles. The fraction of sp³-hybridized carbons (Fsp3) is 0.286. The van der Waals surface area contributed by atoms with E-state index in [0.717, 1.165) is 5.69 Å². The Kier molecular flexibility index (Phi) is 1.63. The number of rotatable bonds is 0. The molecule has 0 radical (unpaired) electrons. The summed E-state index contributed by atoms with van der Waals surface area (Å²) in [4.78, 5) is 7.93. The topological polar surface area (TPSA) is 49.6 Å². The van der Waals surface area contributed by atoms with E-state index in [4.69, 9.17) is 5.26 Å². The lowest BCUT2D eigenvalue weighted by molar-refractivity contribution is 1.04. The Morgan fingerprint density at radius 1 is 1.50 bits per heavy atom. The summed E-state index contributed by atoms with van der Waals surface area (Å²) in [6.45, 7) is 3.58. The molecule has 3 nitrogen and oxygen atoms in total. The third kappa shape index (κ3) is 1.11. The summed E-state index contributed by atoms with van der Waals surface area (Å²) >= 11 is 0. The van der Waals surface area contributed by atoms with Crippen molar-refractivity contribution in [1.29, 1.82) is 5.26 Å². The van der Waals surface area contributed by atoms with Gasteiger partial charge in [-0.05, 0) is 13.8 Å². The maximum absolute atomic E-state index is 8.49. The average Bonchev–Trinajstić information content (AvgIpc) is 1.94. The average molecular weight is 133 g/mol. The van der Waals surface area contributed by atoms with Gasteiger partial charge in [-0.2, -0.15) is 5.26 Å². The van der Waals surface area contributed by atoms with Gasteiger partial charge >= 0.3 is 0 Å². The van der Waals surface area contributed by atoms with Crippen LogP contribution in [0.1, 0.15) is 17.1 Å². The molecule has 0 fully saturated rings. The van der Waals surface area contributed by atoms with Gasteiger partial charge in [-0.15, -0.1) is 0 Å². The molecule has 0 aliphatic carbocycles. The van der Waals surface area contributed by atoms with Crippen molar-refractivity contribution >= 4 is 0 Å². The van der Waals surface area contributed by atoms with Gasteiger partial charge in [0.05, 0.1) is 11.4 Å². The third-order valence-electron chi connectivity index (χ3n) is 1.18. The van der Waals surface area contributed by atoms with Gasteiger partial charge in [0.2, 0.25) is 0 Å². The molecule has 50 valence electrons. The molecule has 0 bridgehead atoms. The molecule has 0 aliphatic heterocycles. The zero-order valence-corrected chi connectivity index (χ0v) is 5.92. The predicted molar refractivity (Wildman–Crippen MR) is 36.2 cm³/mol.